The van der Waals surface area contributed by atoms with Gasteiger partial charge in [0.05, 0.1) is 12.5 Å². The van der Waals surface area contributed by atoms with Crippen molar-refractivity contribution < 1.29 is 9.90 Å². The van der Waals surface area contributed by atoms with E-state index in [0.717, 1.165) is 35.1 Å². The molecular weight excluding hydrogens is 296 g/mol. The van der Waals surface area contributed by atoms with Gasteiger partial charge in [-0.05, 0) is 30.5 Å². The maximum absolute atomic E-state index is 11.3. The number of hydrogen-bond donors (Lipinski definition) is 2. The maximum atomic E-state index is 11.3. The largest absolute Gasteiger partial charge is 0.392 e. The normalized spacial score (nSPS) is 19.9. The SMILES string of the molecule is NC(=O)C1CCCN(c2ccc(CO)c(Br)c2)C1. The van der Waals surface area contributed by atoms with Gasteiger partial charge in [-0.15, -0.1) is 0 Å². The van der Waals surface area contributed by atoms with Gasteiger partial charge >= 0.3 is 0 Å². The lowest BCUT2D eigenvalue weighted by Gasteiger charge is -2.33. The fourth-order valence-corrected chi connectivity index (χ4v) is 2.80. The Morgan fingerprint density at radius 3 is 2.94 bits per heavy atom. The van der Waals surface area contributed by atoms with Gasteiger partial charge in [-0.3, -0.25) is 4.79 Å². The average molecular weight is 313 g/mol. The van der Waals surface area contributed by atoms with Crippen LogP contribution in [0.25, 0.3) is 0 Å². The van der Waals surface area contributed by atoms with Gasteiger partial charge in [0.15, 0.2) is 0 Å². The number of aliphatic hydroxyl groups is 1. The third-order valence-electron chi connectivity index (χ3n) is 3.40. The number of anilines is 1. The Balaban J connectivity index is 2.16. The number of benzene rings is 1. The number of amides is 1. The van der Waals surface area contributed by atoms with Crippen LogP contribution >= 0.6 is 15.9 Å². The number of halogens is 1. The standard InChI is InChI=1S/C13H17BrN2O2/c14-12-6-11(4-3-10(12)8-17)16-5-1-2-9(7-16)13(15)18/h3-4,6,9,17H,1-2,5,7-8H2,(H2,15,18). The van der Waals surface area contributed by atoms with Crippen molar-refractivity contribution >= 4 is 27.5 Å². The number of nitrogens with zero attached hydrogens (tertiary/aromatic N) is 1. The molecule has 1 fully saturated rings. The maximum Gasteiger partial charge on any atom is 0.222 e. The highest BCUT2D eigenvalue weighted by Crippen LogP contribution is 2.27. The van der Waals surface area contributed by atoms with E-state index in [1.165, 1.54) is 0 Å². The van der Waals surface area contributed by atoms with E-state index in [0.29, 0.717) is 6.54 Å². The molecule has 1 aliphatic heterocycles. The summed E-state index contributed by atoms with van der Waals surface area (Å²) in [5, 5.41) is 9.13. The Hall–Kier alpha value is -1.07. The summed E-state index contributed by atoms with van der Waals surface area (Å²) in [6.07, 6.45) is 1.86. The van der Waals surface area contributed by atoms with E-state index >= 15 is 0 Å². The molecule has 2 rings (SSSR count). The highest BCUT2D eigenvalue weighted by molar-refractivity contribution is 9.10. The molecule has 1 aromatic rings. The molecule has 1 aliphatic rings. The lowest BCUT2D eigenvalue weighted by Crippen LogP contribution is -2.41. The predicted molar refractivity (Wildman–Crippen MR) is 74.2 cm³/mol. The molecule has 4 nitrogen and oxygen atoms in total. The van der Waals surface area contributed by atoms with Crippen LogP contribution in [-0.4, -0.2) is 24.1 Å². The number of primary amides is 1. The first kappa shape index (κ1) is 13.4. The van der Waals surface area contributed by atoms with Crippen LogP contribution < -0.4 is 10.6 Å². The van der Waals surface area contributed by atoms with Crippen LogP contribution in [0, 0.1) is 5.92 Å². The minimum atomic E-state index is -0.217. The predicted octanol–water partition coefficient (Wildman–Crippen LogP) is 1.64. The van der Waals surface area contributed by atoms with Crippen LogP contribution in [0.1, 0.15) is 18.4 Å². The molecule has 1 atom stereocenters. The molecule has 18 heavy (non-hydrogen) atoms. The van der Waals surface area contributed by atoms with E-state index in [1.54, 1.807) is 0 Å². The molecule has 1 amide bonds. The third kappa shape index (κ3) is 2.84. The second-order valence-electron chi connectivity index (χ2n) is 4.62. The zero-order valence-corrected chi connectivity index (χ0v) is 11.7. The van der Waals surface area contributed by atoms with Gasteiger partial charge in [0.25, 0.3) is 0 Å². The summed E-state index contributed by atoms with van der Waals surface area (Å²) in [6, 6.07) is 5.85. The topological polar surface area (TPSA) is 66.6 Å². The fraction of sp³-hybridized carbons (Fsp3) is 0.462. The zero-order chi connectivity index (χ0) is 13.1. The number of rotatable bonds is 3. The van der Waals surface area contributed by atoms with Crippen LogP contribution in [0.5, 0.6) is 0 Å². The molecule has 1 aromatic carbocycles. The average Bonchev–Trinajstić information content (AvgIpc) is 2.38. The third-order valence-corrected chi connectivity index (χ3v) is 4.13. The van der Waals surface area contributed by atoms with Crippen LogP contribution in [0.3, 0.4) is 0 Å². The number of piperidine rings is 1. The Labute approximate surface area is 115 Å². The Morgan fingerprint density at radius 1 is 1.56 bits per heavy atom. The summed E-state index contributed by atoms with van der Waals surface area (Å²) >= 11 is 3.44. The number of hydrogen-bond acceptors (Lipinski definition) is 3. The van der Waals surface area contributed by atoms with Gasteiger partial charge in [0.2, 0.25) is 5.91 Å². The molecule has 1 saturated heterocycles. The van der Waals surface area contributed by atoms with Crippen molar-refractivity contribution in [3.63, 3.8) is 0 Å². The highest BCUT2D eigenvalue weighted by atomic mass is 79.9. The number of carbonyl (C=O) groups is 1. The van der Waals surface area contributed by atoms with Crippen LogP contribution in [0.4, 0.5) is 5.69 Å². The van der Waals surface area contributed by atoms with E-state index in [9.17, 15) is 4.79 Å². The molecule has 0 spiro atoms. The first-order valence-corrected chi connectivity index (χ1v) is 6.84. The second-order valence-corrected chi connectivity index (χ2v) is 5.48. The van der Waals surface area contributed by atoms with Crippen LogP contribution in [0.2, 0.25) is 0 Å². The molecule has 0 aliphatic carbocycles. The van der Waals surface area contributed by atoms with E-state index in [4.69, 9.17) is 10.8 Å². The van der Waals surface area contributed by atoms with E-state index < -0.39 is 0 Å². The summed E-state index contributed by atoms with van der Waals surface area (Å²) < 4.78 is 0.892. The first-order valence-electron chi connectivity index (χ1n) is 6.05. The smallest absolute Gasteiger partial charge is 0.222 e. The summed E-state index contributed by atoms with van der Waals surface area (Å²) in [6.45, 7) is 1.64. The molecule has 1 unspecified atom stereocenters. The van der Waals surface area contributed by atoms with E-state index in [-0.39, 0.29) is 18.4 Å². The summed E-state index contributed by atoms with van der Waals surface area (Å²) in [4.78, 5) is 13.4. The van der Waals surface area contributed by atoms with Gasteiger partial charge in [-0.25, -0.2) is 0 Å². The van der Waals surface area contributed by atoms with Crippen LogP contribution in [0.15, 0.2) is 22.7 Å². The van der Waals surface area contributed by atoms with Gasteiger partial charge < -0.3 is 15.7 Å². The molecule has 0 bridgehead atoms. The molecular formula is C13H17BrN2O2. The van der Waals surface area contributed by atoms with Crippen molar-refractivity contribution in [3.8, 4) is 0 Å². The minimum absolute atomic E-state index is 0.0186. The van der Waals surface area contributed by atoms with Crippen molar-refractivity contribution in [2.24, 2.45) is 11.7 Å². The summed E-state index contributed by atoms with van der Waals surface area (Å²) in [5.41, 5.74) is 7.30. The lowest BCUT2D eigenvalue weighted by molar-refractivity contribution is -0.122. The molecule has 0 aromatic heterocycles. The summed E-state index contributed by atoms with van der Waals surface area (Å²) in [5.74, 6) is -0.277. The molecule has 98 valence electrons. The van der Waals surface area contributed by atoms with Crippen molar-refractivity contribution in [2.75, 3.05) is 18.0 Å². The van der Waals surface area contributed by atoms with Gasteiger partial charge in [0.1, 0.15) is 0 Å². The highest BCUT2D eigenvalue weighted by Gasteiger charge is 2.24. The van der Waals surface area contributed by atoms with Gasteiger partial charge in [0, 0.05) is 23.2 Å². The Bertz CT molecular complexity index is 451. The fourth-order valence-electron chi connectivity index (χ4n) is 2.31. The monoisotopic (exact) mass is 312 g/mol. The van der Waals surface area contributed by atoms with Crippen molar-refractivity contribution in [3.05, 3.63) is 28.2 Å². The molecule has 5 heteroatoms. The van der Waals surface area contributed by atoms with Crippen molar-refractivity contribution in [2.45, 2.75) is 19.4 Å². The zero-order valence-electron chi connectivity index (χ0n) is 10.1. The van der Waals surface area contributed by atoms with Crippen molar-refractivity contribution in [1.82, 2.24) is 0 Å². The Morgan fingerprint density at radius 2 is 2.33 bits per heavy atom. The quantitative estimate of drug-likeness (QED) is 0.891. The minimum Gasteiger partial charge on any atom is -0.392 e. The second kappa shape index (κ2) is 5.71. The van der Waals surface area contributed by atoms with Gasteiger partial charge in [-0.1, -0.05) is 22.0 Å². The van der Waals surface area contributed by atoms with Crippen LogP contribution in [-0.2, 0) is 11.4 Å². The first-order chi connectivity index (χ1) is 8.61. The van der Waals surface area contributed by atoms with Gasteiger partial charge in [-0.2, -0.15) is 0 Å². The number of nitrogens with two attached hydrogens (primary N) is 1. The summed E-state index contributed by atoms with van der Waals surface area (Å²) in [7, 11) is 0. The molecule has 0 radical (unpaired) electrons. The van der Waals surface area contributed by atoms with Crippen molar-refractivity contribution in [1.29, 1.82) is 0 Å². The molecule has 1 heterocycles. The molecule has 3 N–H and O–H groups in total. The molecule has 0 saturated carbocycles. The van der Waals surface area contributed by atoms with E-state index in [2.05, 4.69) is 20.8 Å². The number of carbonyl (C=O) groups excluding carboxylic acids is 1. The Kier molecular flexibility index (Phi) is 4.24. The lowest BCUT2D eigenvalue weighted by atomic mass is 9.97. The number of aliphatic hydroxyl groups excluding tert-OH is 1. The van der Waals surface area contributed by atoms with E-state index in [1.807, 2.05) is 18.2 Å².